The first kappa shape index (κ1) is 16.0. The third-order valence-electron chi connectivity index (χ3n) is 4.92. The van der Waals surface area contributed by atoms with Gasteiger partial charge in [-0.3, -0.25) is 4.79 Å². The number of benzene rings is 1. The first-order valence-electron chi connectivity index (χ1n) is 8.19. The maximum Gasteiger partial charge on any atom is 0.277 e. The fourth-order valence-electron chi connectivity index (χ4n) is 3.81. The number of nitrogens with one attached hydrogen (secondary N) is 1. The predicted molar refractivity (Wildman–Crippen MR) is 92.8 cm³/mol. The minimum absolute atomic E-state index is 0.0371. The summed E-state index contributed by atoms with van der Waals surface area (Å²) in [6, 6.07) is 7.67. The van der Waals surface area contributed by atoms with Crippen LogP contribution in [0.25, 0.3) is 11.5 Å². The standard InChI is InChI=1S/C17H18ClN3O2S/c18-13-4-2-1-3-12(13)16-20-21-17(23-16)24-9-15(22)19-14-8-10-5-6-11(14)7-10/h1-4,10-11,14H,5-9H2,(H,19,22)/t10-,11+,14+/m0/s1. The van der Waals surface area contributed by atoms with Gasteiger partial charge in [0.25, 0.3) is 5.22 Å². The van der Waals surface area contributed by atoms with Crippen molar-refractivity contribution in [2.75, 3.05) is 5.75 Å². The highest BCUT2D eigenvalue weighted by atomic mass is 35.5. The van der Waals surface area contributed by atoms with E-state index in [1.807, 2.05) is 18.2 Å². The normalized spacial score (nSPS) is 25.1. The molecule has 0 unspecified atom stereocenters. The van der Waals surface area contributed by atoms with Crippen LogP contribution in [-0.2, 0) is 4.79 Å². The molecule has 7 heteroatoms. The van der Waals surface area contributed by atoms with Gasteiger partial charge in [-0.15, -0.1) is 10.2 Å². The Labute approximate surface area is 149 Å². The number of fused-ring (bicyclic) bond motifs is 2. The van der Waals surface area contributed by atoms with Crippen molar-refractivity contribution >= 4 is 29.3 Å². The Kier molecular flexibility index (Phi) is 4.50. The van der Waals surface area contributed by atoms with Crippen molar-refractivity contribution in [3.63, 3.8) is 0 Å². The average Bonchev–Trinajstić information content (AvgIpc) is 3.30. The molecule has 1 aromatic carbocycles. The number of hydrogen-bond donors (Lipinski definition) is 1. The quantitative estimate of drug-likeness (QED) is 0.818. The largest absolute Gasteiger partial charge is 0.411 e. The first-order chi connectivity index (χ1) is 11.7. The molecular weight excluding hydrogens is 346 g/mol. The summed E-state index contributed by atoms with van der Waals surface area (Å²) < 4.78 is 5.60. The lowest BCUT2D eigenvalue weighted by Gasteiger charge is -2.22. The molecule has 0 aliphatic heterocycles. The SMILES string of the molecule is O=C(CSc1nnc(-c2ccccc2Cl)o1)N[C@@H]1C[C@H]2CC[C@@H]1C2. The Morgan fingerprint density at radius 3 is 2.92 bits per heavy atom. The van der Waals surface area contributed by atoms with Gasteiger partial charge in [-0.25, -0.2) is 0 Å². The van der Waals surface area contributed by atoms with Gasteiger partial charge in [0.2, 0.25) is 11.8 Å². The summed E-state index contributed by atoms with van der Waals surface area (Å²) in [6.07, 6.45) is 5.01. The molecule has 0 saturated heterocycles. The van der Waals surface area contributed by atoms with Crippen molar-refractivity contribution < 1.29 is 9.21 Å². The smallest absolute Gasteiger partial charge is 0.277 e. The molecule has 2 aliphatic rings. The number of amides is 1. The number of carbonyl (C=O) groups excluding carboxylic acids is 1. The van der Waals surface area contributed by atoms with Gasteiger partial charge in [-0.05, 0) is 43.2 Å². The van der Waals surface area contributed by atoms with Crippen molar-refractivity contribution in [2.45, 2.75) is 36.9 Å². The van der Waals surface area contributed by atoms with E-state index in [0.29, 0.717) is 33.7 Å². The Morgan fingerprint density at radius 2 is 2.17 bits per heavy atom. The van der Waals surface area contributed by atoms with Crippen LogP contribution in [0.15, 0.2) is 33.9 Å². The molecule has 1 amide bonds. The number of rotatable bonds is 5. The monoisotopic (exact) mass is 363 g/mol. The van der Waals surface area contributed by atoms with Crippen LogP contribution in [0, 0.1) is 11.8 Å². The molecule has 1 N–H and O–H groups in total. The fraction of sp³-hybridized carbons (Fsp3) is 0.471. The molecule has 2 fully saturated rings. The van der Waals surface area contributed by atoms with Crippen LogP contribution in [0.4, 0.5) is 0 Å². The molecule has 2 saturated carbocycles. The summed E-state index contributed by atoms with van der Waals surface area (Å²) in [5, 5.41) is 12.1. The van der Waals surface area contributed by atoms with E-state index in [0.717, 1.165) is 12.3 Å². The van der Waals surface area contributed by atoms with E-state index in [1.165, 1.54) is 31.0 Å². The molecule has 126 valence electrons. The van der Waals surface area contributed by atoms with E-state index in [9.17, 15) is 4.79 Å². The summed E-state index contributed by atoms with van der Waals surface area (Å²) >= 11 is 7.38. The minimum atomic E-state index is 0.0371. The van der Waals surface area contributed by atoms with Gasteiger partial charge in [0.05, 0.1) is 16.3 Å². The van der Waals surface area contributed by atoms with E-state index in [1.54, 1.807) is 6.07 Å². The summed E-state index contributed by atoms with van der Waals surface area (Å²) in [7, 11) is 0. The van der Waals surface area contributed by atoms with Crippen LogP contribution in [0.5, 0.6) is 0 Å². The highest BCUT2D eigenvalue weighted by Crippen LogP contribution is 2.44. The maximum absolute atomic E-state index is 12.1. The van der Waals surface area contributed by atoms with Gasteiger partial charge in [0, 0.05) is 6.04 Å². The lowest BCUT2D eigenvalue weighted by molar-refractivity contribution is -0.119. The second-order valence-corrected chi connectivity index (χ2v) is 7.82. The van der Waals surface area contributed by atoms with Gasteiger partial charge in [0.1, 0.15) is 0 Å². The lowest BCUT2D eigenvalue weighted by atomic mass is 9.95. The minimum Gasteiger partial charge on any atom is -0.411 e. The number of carbonyl (C=O) groups is 1. The number of aromatic nitrogens is 2. The summed E-state index contributed by atoms with van der Waals surface area (Å²) in [5.41, 5.74) is 0.699. The fourth-order valence-corrected chi connectivity index (χ4v) is 4.60. The van der Waals surface area contributed by atoms with E-state index in [2.05, 4.69) is 15.5 Å². The van der Waals surface area contributed by atoms with E-state index in [-0.39, 0.29) is 11.7 Å². The average molecular weight is 364 g/mol. The van der Waals surface area contributed by atoms with Crippen LogP contribution in [0.1, 0.15) is 25.7 Å². The zero-order valence-corrected chi connectivity index (χ0v) is 14.6. The van der Waals surface area contributed by atoms with Crippen LogP contribution >= 0.6 is 23.4 Å². The lowest BCUT2D eigenvalue weighted by Crippen LogP contribution is -2.39. The van der Waals surface area contributed by atoms with Crippen molar-refractivity contribution in [1.82, 2.24) is 15.5 Å². The van der Waals surface area contributed by atoms with Gasteiger partial charge in [-0.2, -0.15) is 0 Å². The molecule has 1 heterocycles. The molecule has 0 spiro atoms. The van der Waals surface area contributed by atoms with Gasteiger partial charge in [-0.1, -0.05) is 41.9 Å². The third-order valence-corrected chi connectivity index (χ3v) is 6.07. The van der Waals surface area contributed by atoms with Crippen molar-refractivity contribution in [3.8, 4) is 11.5 Å². The van der Waals surface area contributed by atoms with E-state index >= 15 is 0 Å². The Morgan fingerprint density at radius 1 is 1.29 bits per heavy atom. The van der Waals surface area contributed by atoms with Crippen LogP contribution < -0.4 is 5.32 Å². The zero-order valence-electron chi connectivity index (χ0n) is 13.1. The predicted octanol–water partition coefficient (Wildman–Crippen LogP) is 3.79. The highest BCUT2D eigenvalue weighted by Gasteiger charge is 2.40. The van der Waals surface area contributed by atoms with Crippen LogP contribution in [0.2, 0.25) is 5.02 Å². The number of thioether (sulfide) groups is 1. The highest BCUT2D eigenvalue weighted by molar-refractivity contribution is 7.99. The molecule has 1 aromatic heterocycles. The van der Waals surface area contributed by atoms with Gasteiger partial charge in [0.15, 0.2) is 0 Å². The maximum atomic E-state index is 12.1. The Balaban J connectivity index is 1.32. The van der Waals surface area contributed by atoms with E-state index in [4.69, 9.17) is 16.0 Å². The van der Waals surface area contributed by atoms with Gasteiger partial charge < -0.3 is 9.73 Å². The second kappa shape index (κ2) is 6.76. The van der Waals surface area contributed by atoms with E-state index < -0.39 is 0 Å². The summed E-state index contributed by atoms with van der Waals surface area (Å²) in [5.74, 6) is 2.20. The summed E-state index contributed by atoms with van der Waals surface area (Å²) in [4.78, 5) is 12.1. The molecule has 5 nitrogen and oxygen atoms in total. The molecule has 2 aromatic rings. The Bertz CT molecular complexity index is 751. The molecule has 24 heavy (non-hydrogen) atoms. The van der Waals surface area contributed by atoms with Crippen LogP contribution in [0.3, 0.4) is 0 Å². The van der Waals surface area contributed by atoms with Crippen molar-refractivity contribution in [1.29, 1.82) is 0 Å². The molecule has 2 bridgehead atoms. The van der Waals surface area contributed by atoms with Crippen molar-refractivity contribution in [3.05, 3.63) is 29.3 Å². The molecule has 0 radical (unpaired) electrons. The van der Waals surface area contributed by atoms with Gasteiger partial charge >= 0.3 is 0 Å². The summed E-state index contributed by atoms with van der Waals surface area (Å²) in [6.45, 7) is 0. The topological polar surface area (TPSA) is 68.0 Å². The first-order valence-corrected chi connectivity index (χ1v) is 9.56. The molecular formula is C17H18ClN3O2S. The number of halogens is 1. The van der Waals surface area contributed by atoms with Crippen molar-refractivity contribution in [2.24, 2.45) is 11.8 Å². The molecule has 2 aliphatic carbocycles. The Hall–Kier alpha value is -1.53. The molecule has 3 atom stereocenters. The third kappa shape index (κ3) is 3.30. The molecule has 4 rings (SSSR count). The second-order valence-electron chi connectivity index (χ2n) is 6.49. The number of nitrogens with zero attached hydrogens (tertiary/aromatic N) is 2. The van der Waals surface area contributed by atoms with Crippen LogP contribution in [-0.4, -0.2) is 27.9 Å². The zero-order chi connectivity index (χ0) is 16.5. The number of hydrogen-bond acceptors (Lipinski definition) is 5.